The summed E-state index contributed by atoms with van der Waals surface area (Å²) < 4.78 is 68.9. The van der Waals surface area contributed by atoms with E-state index in [1.54, 1.807) is 0 Å². The first-order valence-electron chi connectivity index (χ1n) is 9.85. The molecule has 2 fully saturated rings. The molecule has 31 heavy (non-hydrogen) atoms. The number of benzene rings is 1. The van der Waals surface area contributed by atoms with Gasteiger partial charge in [0.05, 0.1) is 39.3 Å². The lowest BCUT2D eigenvalue weighted by Crippen LogP contribution is -2.43. The lowest BCUT2D eigenvalue weighted by Gasteiger charge is -2.27. The molecule has 13 heteroatoms. The Bertz CT molecular complexity index is 985. The minimum Gasteiger partial charge on any atom is -0.495 e. The van der Waals surface area contributed by atoms with Crippen molar-refractivity contribution in [3.05, 3.63) is 23.8 Å². The van der Waals surface area contributed by atoms with Crippen molar-refractivity contribution in [3.8, 4) is 5.75 Å². The fraction of sp³-hybridized carbons (Fsp3) is 0.611. The minimum atomic E-state index is -3.89. The number of nitrogens with zero attached hydrogens (tertiary/aromatic N) is 2. The van der Waals surface area contributed by atoms with Crippen LogP contribution in [0.1, 0.15) is 10.4 Å². The SMILES string of the molecule is COc1ccc(C(=O)NCCS(=O)(=O)N2CCOCC2)cc1S(=O)(=O)N1CCOCC1. The van der Waals surface area contributed by atoms with Gasteiger partial charge in [-0.2, -0.15) is 8.61 Å². The summed E-state index contributed by atoms with van der Waals surface area (Å²) in [6, 6.07) is 4.09. The van der Waals surface area contributed by atoms with E-state index in [0.717, 1.165) is 0 Å². The number of methoxy groups -OCH3 is 1. The lowest BCUT2D eigenvalue weighted by atomic mass is 10.2. The van der Waals surface area contributed by atoms with Gasteiger partial charge in [0, 0.05) is 38.3 Å². The Balaban J connectivity index is 1.69. The summed E-state index contributed by atoms with van der Waals surface area (Å²) in [4.78, 5) is 12.4. The molecule has 0 bridgehead atoms. The van der Waals surface area contributed by atoms with Gasteiger partial charge >= 0.3 is 0 Å². The van der Waals surface area contributed by atoms with Gasteiger partial charge in [-0.3, -0.25) is 4.79 Å². The van der Waals surface area contributed by atoms with Crippen LogP contribution >= 0.6 is 0 Å². The molecule has 1 amide bonds. The first-order valence-corrected chi connectivity index (χ1v) is 12.9. The molecular weight excluding hydrogens is 450 g/mol. The van der Waals surface area contributed by atoms with E-state index in [9.17, 15) is 21.6 Å². The summed E-state index contributed by atoms with van der Waals surface area (Å²) >= 11 is 0. The Morgan fingerprint density at radius 1 is 1.00 bits per heavy atom. The van der Waals surface area contributed by atoms with Gasteiger partial charge in [-0.25, -0.2) is 16.8 Å². The van der Waals surface area contributed by atoms with Crippen LogP contribution in [-0.2, 0) is 29.5 Å². The molecule has 0 radical (unpaired) electrons. The number of carbonyl (C=O) groups excluding carboxylic acids is 1. The van der Waals surface area contributed by atoms with Gasteiger partial charge in [-0.1, -0.05) is 0 Å². The quantitative estimate of drug-likeness (QED) is 0.510. The number of amides is 1. The maximum atomic E-state index is 13.0. The summed E-state index contributed by atoms with van der Waals surface area (Å²) in [5.41, 5.74) is 0.0939. The first-order chi connectivity index (χ1) is 14.8. The molecule has 3 rings (SSSR count). The average Bonchev–Trinajstić information content (AvgIpc) is 2.79. The second kappa shape index (κ2) is 10.2. The Labute approximate surface area is 182 Å². The molecule has 0 spiro atoms. The van der Waals surface area contributed by atoms with Crippen molar-refractivity contribution < 1.29 is 35.8 Å². The average molecular weight is 478 g/mol. The predicted octanol–water partition coefficient (Wildman–Crippen LogP) is -0.892. The largest absolute Gasteiger partial charge is 0.495 e. The van der Waals surface area contributed by atoms with E-state index >= 15 is 0 Å². The van der Waals surface area contributed by atoms with Crippen molar-refractivity contribution >= 4 is 26.0 Å². The molecule has 0 aromatic heterocycles. The van der Waals surface area contributed by atoms with Gasteiger partial charge in [-0.05, 0) is 18.2 Å². The summed E-state index contributed by atoms with van der Waals surface area (Å²) in [6.45, 7) is 2.17. The van der Waals surface area contributed by atoms with E-state index in [1.807, 2.05) is 0 Å². The van der Waals surface area contributed by atoms with Crippen LogP contribution in [0, 0.1) is 0 Å². The Morgan fingerprint density at radius 2 is 1.58 bits per heavy atom. The molecule has 2 heterocycles. The number of ether oxygens (including phenoxy) is 3. The molecule has 1 N–H and O–H groups in total. The lowest BCUT2D eigenvalue weighted by molar-refractivity contribution is 0.0729. The summed E-state index contributed by atoms with van der Waals surface area (Å²) in [6.07, 6.45) is 0. The number of hydrogen-bond acceptors (Lipinski definition) is 8. The maximum absolute atomic E-state index is 13.0. The Hall–Kier alpha value is -1.77. The van der Waals surface area contributed by atoms with Gasteiger partial charge in [0.1, 0.15) is 10.6 Å². The van der Waals surface area contributed by atoms with E-state index in [2.05, 4.69) is 5.32 Å². The predicted molar refractivity (Wildman–Crippen MR) is 111 cm³/mol. The molecule has 0 aliphatic carbocycles. The van der Waals surface area contributed by atoms with Crippen LogP contribution in [0.5, 0.6) is 5.75 Å². The number of hydrogen-bond donors (Lipinski definition) is 1. The van der Waals surface area contributed by atoms with Crippen LogP contribution < -0.4 is 10.1 Å². The fourth-order valence-corrected chi connectivity index (χ4v) is 6.21. The zero-order valence-corrected chi connectivity index (χ0v) is 18.9. The van der Waals surface area contributed by atoms with E-state index in [1.165, 1.54) is 33.9 Å². The molecule has 1 aromatic carbocycles. The van der Waals surface area contributed by atoms with Gasteiger partial charge in [0.2, 0.25) is 20.0 Å². The molecule has 2 aliphatic heterocycles. The normalized spacial score (nSPS) is 19.1. The van der Waals surface area contributed by atoms with Crippen LogP contribution in [-0.4, -0.2) is 103 Å². The summed E-state index contributed by atoms with van der Waals surface area (Å²) in [5, 5.41) is 2.54. The molecule has 0 atom stereocenters. The second-order valence-electron chi connectivity index (χ2n) is 6.97. The van der Waals surface area contributed by atoms with Crippen LogP contribution in [0.15, 0.2) is 23.1 Å². The molecule has 0 saturated carbocycles. The third-order valence-electron chi connectivity index (χ3n) is 5.02. The molecular formula is C18H27N3O8S2. The van der Waals surface area contributed by atoms with Crippen LogP contribution in [0.25, 0.3) is 0 Å². The van der Waals surface area contributed by atoms with Crippen LogP contribution in [0.4, 0.5) is 0 Å². The standard InChI is InChI=1S/C18H27N3O8S2/c1-27-16-3-2-15(14-17(16)31(25,26)21-7-11-29-12-8-21)18(22)19-4-13-30(23,24)20-5-9-28-10-6-20/h2-3,14H,4-13H2,1H3,(H,19,22). The monoisotopic (exact) mass is 477 g/mol. The van der Waals surface area contributed by atoms with E-state index in [0.29, 0.717) is 26.4 Å². The highest BCUT2D eigenvalue weighted by molar-refractivity contribution is 7.89. The van der Waals surface area contributed by atoms with E-state index < -0.39 is 26.0 Å². The van der Waals surface area contributed by atoms with Gasteiger partial charge in [0.25, 0.3) is 5.91 Å². The topological polar surface area (TPSA) is 132 Å². The summed E-state index contributed by atoms with van der Waals surface area (Å²) in [7, 11) is -6.05. The minimum absolute atomic E-state index is 0.0939. The second-order valence-corrected chi connectivity index (χ2v) is 11.0. The van der Waals surface area contributed by atoms with Gasteiger partial charge < -0.3 is 19.5 Å². The maximum Gasteiger partial charge on any atom is 0.251 e. The van der Waals surface area contributed by atoms with E-state index in [-0.39, 0.29) is 54.7 Å². The third-order valence-corrected chi connectivity index (χ3v) is 8.81. The molecule has 1 aromatic rings. The van der Waals surface area contributed by atoms with Crippen LogP contribution in [0.3, 0.4) is 0 Å². The number of morpholine rings is 2. The highest BCUT2D eigenvalue weighted by Crippen LogP contribution is 2.28. The van der Waals surface area contributed by atoms with Crippen LogP contribution in [0.2, 0.25) is 0 Å². The van der Waals surface area contributed by atoms with Crippen molar-refractivity contribution in [1.82, 2.24) is 13.9 Å². The zero-order valence-electron chi connectivity index (χ0n) is 17.3. The molecule has 11 nitrogen and oxygen atoms in total. The Morgan fingerprint density at radius 3 is 2.16 bits per heavy atom. The highest BCUT2D eigenvalue weighted by Gasteiger charge is 2.30. The number of carbonyl (C=O) groups is 1. The molecule has 174 valence electrons. The van der Waals surface area contributed by atoms with Crippen molar-refractivity contribution in [2.24, 2.45) is 0 Å². The number of sulfonamides is 2. The van der Waals surface area contributed by atoms with Gasteiger partial charge in [0.15, 0.2) is 0 Å². The van der Waals surface area contributed by atoms with Crippen molar-refractivity contribution in [1.29, 1.82) is 0 Å². The molecule has 2 saturated heterocycles. The van der Waals surface area contributed by atoms with E-state index in [4.69, 9.17) is 14.2 Å². The smallest absolute Gasteiger partial charge is 0.251 e. The third kappa shape index (κ3) is 5.73. The molecule has 2 aliphatic rings. The summed E-state index contributed by atoms with van der Waals surface area (Å²) in [5.74, 6) is -0.704. The van der Waals surface area contributed by atoms with Gasteiger partial charge in [-0.15, -0.1) is 0 Å². The van der Waals surface area contributed by atoms with Crippen molar-refractivity contribution in [2.45, 2.75) is 4.90 Å². The Kier molecular flexibility index (Phi) is 7.88. The first kappa shape index (κ1) is 23.9. The zero-order chi connectivity index (χ0) is 22.5. The number of rotatable bonds is 8. The van der Waals surface area contributed by atoms with Crippen molar-refractivity contribution in [2.75, 3.05) is 72.0 Å². The van der Waals surface area contributed by atoms with Crippen molar-refractivity contribution in [3.63, 3.8) is 0 Å². The molecule has 0 unspecified atom stereocenters. The highest BCUT2D eigenvalue weighted by atomic mass is 32.2. The number of nitrogens with one attached hydrogen (secondary N) is 1. The fourth-order valence-electron chi connectivity index (χ4n) is 3.30.